The number of hydrogen-bond donors (Lipinski definition) is 2. The fraction of sp³-hybridized carbons (Fsp3) is 0.214. The summed E-state index contributed by atoms with van der Waals surface area (Å²) in [7, 11) is 0. The monoisotopic (exact) mass is 496 g/mol. The summed E-state index contributed by atoms with van der Waals surface area (Å²) in [6, 6.07) is 19.7. The van der Waals surface area contributed by atoms with Crippen LogP contribution in [0, 0.1) is 0 Å². The Labute approximate surface area is 214 Å². The predicted molar refractivity (Wildman–Crippen MR) is 147 cm³/mol. The molecule has 182 valence electrons. The highest BCUT2D eigenvalue weighted by atomic mass is 32.1. The molecule has 1 aliphatic rings. The first kappa shape index (κ1) is 23.7. The Balaban J connectivity index is 1.11. The number of rotatable bonds is 9. The second-order valence-corrected chi connectivity index (χ2v) is 9.50. The predicted octanol–water partition coefficient (Wildman–Crippen LogP) is 5.22. The molecular formula is C28H28N6OS. The summed E-state index contributed by atoms with van der Waals surface area (Å²) in [6.07, 6.45) is 8.72. The first-order chi connectivity index (χ1) is 17.7. The summed E-state index contributed by atoms with van der Waals surface area (Å²) in [5, 5.41) is 10.4. The number of carbonyl (C=O) groups is 1. The van der Waals surface area contributed by atoms with Crippen LogP contribution in [0.25, 0.3) is 11.3 Å². The van der Waals surface area contributed by atoms with Gasteiger partial charge in [0.2, 0.25) is 0 Å². The van der Waals surface area contributed by atoms with E-state index in [1.807, 2.05) is 41.9 Å². The molecule has 7 nitrogen and oxygen atoms in total. The smallest absolute Gasteiger partial charge is 0.271 e. The van der Waals surface area contributed by atoms with Crippen molar-refractivity contribution in [2.24, 2.45) is 5.10 Å². The first-order valence-corrected chi connectivity index (χ1v) is 13.0. The van der Waals surface area contributed by atoms with Crippen LogP contribution in [0.15, 0.2) is 83.5 Å². The summed E-state index contributed by atoms with van der Waals surface area (Å²) in [5.74, 6) is -0.248. The molecule has 36 heavy (non-hydrogen) atoms. The standard InChI is InChI=1S/C28H28N6OS/c35-27(33-31-19-22-5-11-25(12-6-22)34-16-1-2-17-34)24-9-7-23(8-10-24)26-20-36-28(32-26)30-15-13-21-4-3-14-29-18-21/h3-12,14,18-20H,1-2,13,15-17H2,(H,30,32)(H,33,35)/b31-19+. The van der Waals surface area contributed by atoms with Crippen molar-refractivity contribution in [1.82, 2.24) is 15.4 Å². The molecule has 0 atom stereocenters. The Morgan fingerprint density at radius 1 is 1.06 bits per heavy atom. The maximum atomic E-state index is 12.5. The SMILES string of the molecule is O=C(N/N=C/c1ccc(N2CCCC2)cc1)c1ccc(-c2csc(NCCc3cccnc3)n2)cc1. The third kappa shape index (κ3) is 6.14. The van der Waals surface area contributed by atoms with Gasteiger partial charge < -0.3 is 10.2 Å². The fourth-order valence-electron chi connectivity index (χ4n) is 4.12. The lowest BCUT2D eigenvalue weighted by atomic mass is 10.1. The molecule has 1 amide bonds. The number of benzene rings is 2. The van der Waals surface area contributed by atoms with E-state index in [4.69, 9.17) is 0 Å². The Kier molecular flexibility index (Phi) is 7.63. The van der Waals surface area contributed by atoms with Crippen molar-refractivity contribution < 1.29 is 4.79 Å². The van der Waals surface area contributed by atoms with Crippen LogP contribution in [-0.4, -0.2) is 41.7 Å². The molecule has 1 fully saturated rings. The van der Waals surface area contributed by atoms with Crippen LogP contribution < -0.4 is 15.6 Å². The van der Waals surface area contributed by atoms with Crippen molar-refractivity contribution in [3.63, 3.8) is 0 Å². The molecule has 5 rings (SSSR count). The van der Waals surface area contributed by atoms with E-state index in [-0.39, 0.29) is 5.91 Å². The molecule has 3 heterocycles. The van der Waals surface area contributed by atoms with Gasteiger partial charge in [-0.2, -0.15) is 5.10 Å². The van der Waals surface area contributed by atoms with E-state index in [1.165, 1.54) is 24.1 Å². The van der Waals surface area contributed by atoms with Crippen molar-refractivity contribution in [2.45, 2.75) is 19.3 Å². The number of thiazole rings is 1. The van der Waals surface area contributed by atoms with Crippen LogP contribution >= 0.6 is 11.3 Å². The van der Waals surface area contributed by atoms with Gasteiger partial charge in [-0.15, -0.1) is 11.3 Å². The van der Waals surface area contributed by atoms with Gasteiger partial charge >= 0.3 is 0 Å². The van der Waals surface area contributed by atoms with Crippen molar-refractivity contribution in [2.75, 3.05) is 29.9 Å². The molecule has 0 saturated carbocycles. The van der Waals surface area contributed by atoms with Crippen LogP contribution in [0.2, 0.25) is 0 Å². The number of aromatic nitrogens is 2. The molecule has 0 unspecified atom stereocenters. The quantitative estimate of drug-likeness (QED) is 0.245. The van der Waals surface area contributed by atoms with Crippen LogP contribution in [0.5, 0.6) is 0 Å². The lowest BCUT2D eigenvalue weighted by molar-refractivity contribution is 0.0955. The summed E-state index contributed by atoms with van der Waals surface area (Å²) in [6.45, 7) is 3.03. The first-order valence-electron chi connectivity index (χ1n) is 12.1. The Morgan fingerprint density at radius 2 is 1.86 bits per heavy atom. The van der Waals surface area contributed by atoms with Crippen molar-refractivity contribution in [1.29, 1.82) is 0 Å². The highest BCUT2D eigenvalue weighted by Crippen LogP contribution is 2.25. The lowest BCUT2D eigenvalue weighted by Gasteiger charge is -2.17. The van der Waals surface area contributed by atoms with Crippen molar-refractivity contribution in [3.8, 4) is 11.3 Å². The average molecular weight is 497 g/mol. The zero-order valence-electron chi connectivity index (χ0n) is 19.9. The van der Waals surface area contributed by atoms with Crippen molar-refractivity contribution in [3.05, 3.63) is 95.1 Å². The van der Waals surface area contributed by atoms with Gasteiger partial charge in [-0.1, -0.05) is 30.3 Å². The largest absolute Gasteiger partial charge is 0.372 e. The Morgan fingerprint density at radius 3 is 2.61 bits per heavy atom. The van der Waals surface area contributed by atoms with E-state index in [0.29, 0.717) is 5.56 Å². The zero-order chi connectivity index (χ0) is 24.6. The second kappa shape index (κ2) is 11.6. The van der Waals surface area contributed by atoms with Crippen LogP contribution in [0.3, 0.4) is 0 Å². The van der Waals surface area contributed by atoms with E-state index in [0.717, 1.165) is 48.0 Å². The molecule has 8 heteroatoms. The maximum absolute atomic E-state index is 12.5. The molecule has 1 aliphatic heterocycles. The molecule has 0 bridgehead atoms. The van der Waals surface area contributed by atoms with E-state index in [9.17, 15) is 4.79 Å². The number of nitrogens with zero attached hydrogens (tertiary/aromatic N) is 4. The number of amides is 1. The highest BCUT2D eigenvalue weighted by Gasteiger charge is 2.11. The number of hydrogen-bond acceptors (Lipinski definition) is 7. The van der Waals surface area contributed by atoms with Gasteiger partial charge in [0, 0.05) is 54.2 Å². The van der Waals surface area contributed by atoms with Crippen LogP contribution in [0.1, 0.15) is 34.3 Å². The van der Waals surface area contributed by atoms with Gasteiger partial charge in [-0.25, -0.2) is 10.4 Å². The number of hydrazone groups is 1. The van der Waals surface area contributed by atoms with Crippen LogP contribution in [0.4, 0.5) is 10.8 Å². The van der Waals surface area contributed by atoms with E-state index in [1.54, 1.807) is 35.9 Å². The molecule has 0 spiro atoms. The minimum atomic E-state index is -0.248. The minimum Gasteiger partial charge on any atom is -0.372 e. The maximum Gasteiger partial charge on any atom is 0.271 e. The van der Waals surface area contributed by atoms with Gasteiger partial charge in [-0.3, -0.25) is 9.78 Å². The normalized spacial score (nSPS) is 13.3. The summed E-state index contributed by atoms with van der Waals surface area (Å²) in [4.78, 5) is 23.7. The molecule has 0 radical (unpaired) electrons. The minimum absolute atomic E-state index is 0.248. The van der Waals surface area contributed by atoms with Gasteiger partial charge in [0.15, 0.2) is 5.13 Å². The molecule has 2 N–H and O–H groups in total. The molecular weight excluding hydrogens is 468 g/mol. The van der Waals surface area contributed by atoms with Crippen LogP contribution in [-0.2, 0) is 6.42 Å². The third-order valence-corrected chi connectivity index (χ3v) is 6.90. The molecule has 4 aromatic rings. The van der Waals surface area contributed by atoms with Crippen molar-refractivity contribution >= 4 is 34.3 Å². The Hall–Kier alpha value is -4.04. The zero-order valence-corrected chi connectivity index (χ0v) is 20.7. The topological polar surface area (TPSA) is 82.5 Å². The second-order valence-electron chi connectivity index (χ2n) is 8.64. The van der Waals surface area contributed by atoms with E-state index >= 15 is 0 Å². The molecule has 2 aromatic carbocycles. The van der Waals surface area contributed by atoms with Gasteiger partial charge in [0.1, 0.15) is 0 Å². The number of pyridine rings is 1. The molecule has 2 aromatic heterocycles. The van der Waals surface area contributed by atoms with Gasteiger partial charge in [-0.05, 0) is 60.7 Å². The average Bonchev–Trinajstić information content (AvgIpc) is 3.63. The fourth-order valence-corrected chi connectivity index (χ4v) is 4.86. The number of carbonyl (C=O) groups excluding carboxylic acids is 1. The summed E-state index contributed by atoms with van der Waals surface area (Å²) >= 11 is 1.57. The lowest BCUT2D eigenvalue weighted by Crippen LogP contribution is -2.18. The number of anilines is 2. The van der Waals surface area contributed by atoms with E-state index in [2.05, 4.69) is 48.9 Å². The summed E-state index contributed by atoms with van der Waals surface area (Å²) < 4.78 is 0. The van der Waals surface area contributed by atoms with Gasteiger partial charge in [0.25, 0.3) is 5.91 Å². The third-order valence-electron chi connectivity index (χ3n) is 6.10. The van der Waals surface area contributed by atoms with E-state index < -0.39 is 0 Å². The summed E-state index contributed by atoms with van der Waals surface area (Å²) in [5.41, 5.74) is 8.37. The Bertz CT molecular complexity index is 1300. The van der Waals surface area contributed by atoms with Gasteiger partial charge in [0.05, 0.1) is 11.9 Å². The molecule has 0 aliphatic carbocycles. The molecule has 1 saturated heterocycles. The number of nitrogens with one attached hydrogen (secondary N) is 2. The highest BCUT2D eigenvalue weighted by molar-refractivity contribution is 7.14.